The van der Waals surface area contributed by atoms with Crippen LogP contribution in [0.15, 0.2) is 82.9 Å². The van der Waals surface area contributed by atoms with E-state index in [2.05, 4.69) is 5.32 Å². The molecule has 3 aromatic carbocycles. The molecule has 2 aliphatic heterocycles. The fourth-order valence-electron chi connectivity index (χ4n) is 3.94. The molecule has 1 atom stereocenters. The van der Waals surface area contributed by atoms with Crippen molar-refractivity contribution in [2.75, 3.05) is 14.2 Å². The Balaban J connectivity index is 1.62. The summed E-state index contributed by atoms with van der Waals surface area (Å²) < 4.78 is 11.2. The van der Waals surface area contributed by atoms with E-state index in [1.807, 2.05) is 72.8 Å². The minimum absolute atomic E-state index is 0.213. The van der Waals surface area contributed by atoms with Crippen molar-refractivity contribution in [1.82, 2.24) is 10.3 Å². The number of carbonyl (C=O) groups excluding carboxylic acids is 1. The van der Waals surface area contributed by atoms with Crippen LogP contribution in [-0.2, 0) is 10.5 Å². The number of amides is 1. The van der Waals surface area contributed by atoms with Crippen LogP contribution in [0.3, 0.4) is 0 Å². The monoisotopic (exact) mass is 458 g/mol. The highest BCUT2D eigenvalue weighted by molar-refractivity contribution is 8.13. The molecular formula is C25H22N4O3S. The largest absolute Gasteiger partial charge is 0.493 e. The first kappa shape index (κ1) is 21.1. The van der Waals surface area contributed by atoms with Crippen molar-refractivity contribution < 1.29 is 14.3 Å². The maximum absolute atomic E-state index is 13.3. The third-order valence-electron chi connectivity index (χ3n) is 5.45. The van der Waals surface area contributed by atoms with Crippen LogP contribution in [0.25, 0.3) is 5.70 Å². The minimum Gasteiger partial charge on any atom is -0.493 e. The molecule has 0 unspecified atom stereocenters. The third-order valence-corrected chi connectivity index (χ3v) is 6.38. The third kappa shape index (κ3) is 3.93. The molecule has 0 spiro atoms. The van der Waals surface area contributed by atoms with Crippen LogP contribution in [0, 0.1) is 0 Å². The lowest BCUT2D eigenvalue weighted by molar-refractivity contribution is -0.116. The lowest BCUT2D eigenvalue weighted by atomic mass is 10.1. The zero-order valence-electron chi connectivity index (χ0n) is 18.2. The zero-order valence-corrected chi connectivity index (χ0v) is 19.0. The molecule has 8 heteroatoms. The molecule has 0 saturated heterocycles. The fraction of sp³-hybridized carbons (Fsp3) is 0.160. The van der Waals surface area contributed by atoms with Crippen LogP contribution < -0.4 is 25.4 Å². The van der Waals surface area contributed by atoms with Gasteiger partial charge in [-0.15, -0.1) is 5.10 Å². The number of para-hydroxylation sites is 2. The van der Waals surface area contributed by atoms with E-state index in [1.54, 1.807) is 19.2 Å². The molecule has 5 rings (SSSR count). The fourth-order valence-corrected chi connectivity index (χ4v) is 4.74. The Morgan fingerprint density at radius 3 is 2.55 bits per heavy atom. The lowest BCUT2D eigenvalue weighted by Gasteiger charge is -2.34. The van der Waals surface area contributed by atoms with E-state index in [4.69, 9.17) is 19.6 Å². The Morgan fingerprint density at radius 1 is 0.970 bits per heavy atom. The molecule has 2 heterocycles. The summed E-state index contributed by atoms with van der Waals surface area (Å²) in [5.74, 6) is 1.63. The van der Waals surface area contributed by atoms with Crippen molar-refractivity contribution in [3.05, 3.63) is 94.5 Å². The quantitative estimate of drug-likeness (QED) is 0.636. The van der Waals surface area contributed by atoms with Gasteiger partial charge < -0.3 is 9.47 Å². The zero-order chi connectivity index (χ0) is 22.8. The first-order chi connectivity index (χ1) is 16.2. The molecule has 7 nitrogen and oxygen atoms in total. The highest BCUT2D eigenvalue weighted by Crippen LogP contribution is 2.40. The maximum Gasteiger partial charge on any atom is 0.276 e. The Kier molecular flexibility index (Phi) is 5.75. The molecule has 0 aromatic heterocycles. The summed E-state index contributed by atoms with van der Waals surface area (Å²) in [6.07, 6.45) is -0.585. The van der Waals surface area contributed by atoms with Gasteiger partial charge in [0, 0.05) is 16.5 Å². The van der Waals surface area contributed by atoms with Gasteiger partial charge in [-0.05, 0) is 17.7 Å². The van der Waals surface area contributed by atoms with Gasteiger partial charge in [-0.25, -0.2) is 5.01 Å². The average molecular weight is 459 g/mol. The first-order valence-electron chi connectivity index (χ1n) is 10.4. The summed E-state index contributed by atoms with van der Waals surface area (Å²) in [6.45, 7) is 0. The van der Waals surface area contributed by atoms with Crippen LogP contribution in [0.1, 0.15) is 17.3 Å². The van der Waals surface area contributed by atoms with Gasteiger partial charge in [-0.1, -0.05) is 72.4 Å². The summed E-state index contributed by atoms with van der Waals surface area (Å²) >= 11 is 1.47. The van der Waals surface area contributed by atoms with Gasteiger partial charge in [0.1, 0.15) is 5.70 Å². The second-order valence-electron chi connectivity index (χ2n) is 7.43. The topological polar surface area (TPSA) is 75.5 Å². The number of ether oxygens (including phenoxy) is 2. The average Bonchev–Trinajstić information content (AvgIpc) is 2.86. The number of amidine groups is 1. The smallest absolute Gasteiger partial charge is 0.276 e. The van der Waals surface area contributed by atoms with Crippen molar-refractivity contribution in [2.45, 2.75) is 11.9 Å². The molecule has 2 aliphatic rings. The number of hydrazone groups is 1. The molecule has 166 valence electrons. The molecular weight excluding hydrogens is 436 g/mol. The number of benzene rings is 3. The summed E-state index contributed by atoms with van der Waals surface area (Å²) in [4.78, 5) is 18.2. The first-order valence-corrected chi connectivity index (χ1v) is 11.4. The second kappa shape index (κ2) is 8.99. The molecule has 0 fully saturated rings. The van der Waals surface area contributed by atoms with Crippen molar-refractivity contribution in [3.63, 3.8) is 0 Å². The Morgan fingerprint density at radius 2 is 1.76 bits per heavy atom. The molecule has 1 amide bonds. The standard InChI is InChI=1S/C25H22N4O3S/c1-31-20-14-8-12-18(22(20)32-2)23-26-19-13-7-6-11-17(19)21-24(30)27-25(28-29(21)23)33-15-16-9-4-3-5-10-16/h3-14,23H,15H2,1-2H3,(H,27,28,30)/t23-/m0/s1. The Bertz CT molecular complexity index is 1360. The number of nitrogens with zero attached hydrogens (tertiary/aromatic N) is 3. The number of hydrogen-bond acceptors (Lipinski definition) is 7. The van der Waals surface area contributed by atoms with Gasteiger partial charge in [0.25, 0.3) is 5.91 Å². The van der Waals surface area contributed by atoms with Crippen molar-refractivity contribution in [2.24, 2.45) is 10.1 Å². The molecule has 33 heavy (non-hydrogen) atoms. The predicted molar refractivity (Wildman–Crippen MR) is 128 cm³/mol. The Labute approximate surface area is 195 Å². The van der Waals surface area contributed by atoms with Crippen LogP contribution in [0.2, 0.25) is 0 Å². The van der Waals surface area contributed by atoms with Crippen LogP contribution >= 0.6 is 11.8 Å². The van der Waals surface area contributed by atoms with E-state index in [0.29, 0.717) is 28.1 Å². The van der Waals surface area contributed by atoms with Crippen molar-refractivity contribution >= 4 is 28.5 Å². The van der Waals surface area contributed by atoms with E-state index in [9.17, 15) is 4.79 Å². The van der Waals surface area contributed by atoms with E-state index < -0.39 is 6.17 Å². The van der Waals surface area contributed by atoms with Crippen LogP contribution in [0.4, 0.5) is 0 Å². The molecule has 0 aliphatic carbocycles. The highest BCUT2D eigenvalue weighted by atomic mass is 32.2. The number of methoxy groups -OCH3 is 2. The molecule has 0 bridgehead atoms. The number of thioether (sulfide) groups is 1. The highest BCUT2D eigenvalue weighted by Gasteiger charge is 2.36. The number of fused-ring (bicyclic) bond motifs is 2. The van der Waals surface area contributed by atoms with E-state index in [1.165, 1.54) is 11.8 Å². The Hall–Kier alpha value is -3.78. The second-order valence-corrected chi connectivity index (χ2v) is 8.39. The molecule has 0 radical (unpaired) electrons. The van der Waals surface area contributed by atoms with Crippen molar-refractivity contribution in [1.29, 1.82) is 0 Å². The number of hydrogen-bond donors (Lipinski definition) is 1. The molecule has 1 N–H and O–H groups in total. The van der Waals surface area contributed by atoms with Crippen molar-refractivity contribution in [3.8, 4) is 11.5 Å². The normalized spacial score (nSPS) is 16.7. The van der Waals surface area contributed by atoms with Gasteiger partial charge in [0.15, 0.2) is 22.8 Å². The van der Waals surface area contributed by atoms with E-state index in [0.717, 1.165) is 21.7 Å². The van der Waals surface area contributed by atoms with Gasteiger partial charge in [-0.3, -0.25) is 15.1 Å². The minimum atomic E-state index is -0.585. The SMILES string of the molecule is COc1cccc([C@H]2N=c3ccccc3=C3C(=O)NC(SCc4ccccc4)=NN32)c1OC. The summed E-state index contributed by atoms with van der Waals surface area (Å²) in [5.41, 5.74) is 2.36. The maximum atomic E-state index is 13.3. The van der Waals surface area contributed by atoms with E-state index >= 15 is 0 Å². The van der Waals surface area contributed by atoms with Crippen LogP contribution in [0.5, 0.6) is 11.5 Å². The summed E-state index contributed by atoms with van der Waals surface area (Å²) in [6, 6.07) is 23.3. The number of nitrogens with one attached hydrogen (secondary N) is 1. The van der Waals surface area contributed by atoms with Gasteiger partial charge in [0.05, 0.1) is 19.6 Å². The predicted octanol–water partition coefficient (Wildman–Crippen LogP) is 2.78. The summed E-state index contributed by atoms with van der Waals surface area (Å²) in [7, 11) is 3.19. The van der Waals surface area contributed by atoms with E-state index in [-0.39, 0.29) is 5.91 Å². The number of rotatable bonds is 5. The van der Waals surface area contributed by atoms with Crippen LogP contribution in [-0.4, -0.2) is 30.3 Å². The number of carbonyl (C=O) groups is 1. The lowest BCUT2D eigenvalue weighted by Crippen LogP contribution is -2.50. The molecule has 3 aromatic rings. The van der Waals surface area contributed by atoms with Gasteiger partial charge in [-0.2, -0.15) is 0 Å². The van der Waals surface area contributed by atoms with Gasteiger partial charge >= 0.3 is 0 Å². The molecule has 0 saturated carbocycles. The summed E-state index contributed by atoms with van der Waals surface area (Å²) in [5, 5.41) is 11.4. The van der Waals surface area contributed by atoms with Gasteiger partial charge in [0.2, 0.25) is 0 Å².